The predicted octanol–water partition coefficient (Wildman–Crippen LogP) is 2.56. The van der Waals surface area contributed by atoms with Gasteiger partial charge in [-0.25, -0.2) is 9.59 Å². The molecule has 0 aromatic carbocycles. The minimum absolute atomic E-state index is 0.0826. The van der Waals surface area contributed by atoms with E-state index in [0.717, 1.165) is 37.2 Å². The maximum atomic E-state index is 12.3. The number of nitrogens with one attached hydrogen (secondary N) is 1. The SMILES string of the molecule is CCSCCC(C)NC(=O)N1CCCCCC1C(=O)O. The van der Waals surface area contributed by atoms with Crippen LogP contribution in [0.4, 0.5) is 4.79 Å². The van der Waals surface area contributed by atoms with Gasteiger partial charge < -0.3 is 15.3 Å². The molecule has 1 fully saturated rings. The largest absolute Gasteiger partial charge is 0.480 e. The Labute approximate surface area is 125 Å². The fourth-order valence-corrected chi connectivity index (χ4v) is 3.19. The summed E-state index contributed by atoms with van der Waals surface area (Å²) in [4.78, 5) is 25.0. The molecule has 1 aliphatic heterocycles. The van der Waals surface area contributed by atoms with Crippen molar-refractivity contribution in [2.45, 2.75) is 58.0 Å². The number of thioether (sulfide) groups is 1. The molecule has 20 heavy (non-hydrogen) atoms. The molecule has 2 atom stereocenters. The summed E-state index contributed by atoms with van der Waals surface area (Å²) in [6.45, 7) is 4.63. The zero-order valence-electron chi connectivity index (χ0n) is 12.4. The van der Waals surface area contributed by atoms with E-state index in [1.165, 1.54) is 4.90 Å². The van der Waals surface area contributed by atoms with Crippen molar-refractivity contribution in [3.05, 3.63) is 0 Å². The Morgan fingerprint density at radius 3 is 2.80 bits per heavy atom. The fraction of sp³-hybridized carbons (Fsp3) is 0.857. The van der Waals surface area contributed by atoms with Crippen LogP contribution in [0.2, 0.25) is 0 Å². The van der Waals surface area contributed by atoms with Crippen LogP contribution in [0.15, 0.2) is 0 Å². The van der Waals surface area contributed by atoms with Gasteiger partial charge in [0.25, 0.3) is 0 Å². The van der Waals surface area contributed by atoms with Gasteiger partial charge in [0.05, 0.1) is 0 Å². The number of aliphatic carboxylic acids is 1. The number of carboxylic acids is 1. The monoisotopic (exact) mass is 302 g/mol. The van der Waals surface area contributed by atoms with E-state index in [4.69, 9.17) is 0 Å². The van der Waals surface area contributed by atoms with Gasteiger partial charge in [-0.2, -0.15) is 11.8 Å². The van der Waals surface area contributed by atoms with Crippen LogP contribution in [0, 0.1) is 0 Å². The average molecular weight is 302 g/mol. The second-order valence-electron chi connectivity index (χ2n) is 5.23. The molecule has 0 saturated carbocycles. The highest BCUT2D eigenvalue weighted by atomic mass is 32.2. The molecule has 6 heteroatoms. The van der Waals surface area contributed by atoms with Crippen molar-refractivity contribution in [2.24, 2.45) is 0 Å². The van der Waals surface area contributed by atoms with E-state index < -0.39 is 12.0 Å². The Hall–Kier alpha value is -0.910. The predicted molar refractivity (Wildman–Crippen MR) is 82.2 cm³/mol. The van der Waals surface area contributed by atoms with Gasteiger partial charge in [0.1, 0.15) is 6.04 Å². The number of likely N-dealkylation sites (tertiary alicyclic amines) is 1. The van der Waals surface area contributed by atoms with Crippen molar-refractivity contribution in [1.29, 1.82) is 0 Å². The summed E-state index contributed by atoms with van der Waals surface area (Å²) in [6, 6.07) is -0.817. The maximum Gasteiger partial charge on any atom is 0.326 e. The van der Waals surface area contributed by atoms with E-state index in [1.807, 2.05) is 18.7 Å². The first kappa shape index (κ1) is 17.1. The first-order chi connectivity index (χ1) is 9.56. The highest BCUT2D eigenvalue weighted by Crippen LogP contribution is 2.17. The first-order valence-electron chi connectivity index (χ1n) is 7.44. The molecule has 0 aromatic heterocycles. The molecule has 2 unspecified atom stereocenters. The Kier molecular flexibility index (Phi) is 7.80. The molecule has 1 aliphatic rings. The lowest BCUT2D eigenvalue weighted by Gasteiger charge is -2.28. The van der Waals surface area contributed by atoms with Crippen molar-refractivity contribution < 1.29 is 14.7 Å². The number of rotatable bonds is 6. The first-order valence-corrected chi connectivity index (χ1v) is 8.59. The number of carbonyl (C=O) groups excluding carboxylic acids is 1. The quantitative estimate of drug-likeness (QED) is 0.740. The molecule has 116 valence electrons. The number of nitrogens with zero attached hydrogens (tertiary/aromatic N) is 1. The lowest BCUT2D eigenvalue weighted by atomic mass is 10.1. The summed E-state index contributed by atoms with van der Waals surface area (Å²) in [5.41, 5.74) is 0. The van der Waals surface area contributed by atoms with E-state index in [9.17, 15) is 14.7 Å². The Balaban J connectivity index is 2.51. The highest BCUT2D eigenvalue weighted by molar-refractivity contribution is 7.99. The Bertz CT molecular complexity index is 326. The second kappa shape index (κ2) is 9.10. The molecule has 0 radical (unpaired) electrons. The van der Waals surface area contributed by atoms with Gasteiger partial charge in [0.15, 0.2) is 0 Å². The summed E-state index contributed by atoms with van der Waals surface area (Å²) in [5, 5.41) is 12.2. The highest BCUT2D eigenvalue weighted by Gasteiger charge is 2.31. The molecule has 2 amide bonds. The van der Waals surface area contributed by atoms with Gasteiger partial charge in [-0.3, -0.25) is 0 Å². The number of carboxylic acid groups (broad SMARTS) is 1. The zero-order chi connectivity index (χ0) is 15.0. The zero-order valence-corrected chi connectivity index (χ0v) is 13.2. The van der Waals surface area contributed by atoms with Crippen LogP contribution >= 0.6 is 11.8 Å². The molecular weight excluding hydrogens is 276 g/mol. The lowest BCUT2D eigenvalue weighted by Crippen LogP contribution is -2.51. The normalized spacial score (nSPS) is 21.1. The van der Waals surface area contributed by atoms with Crippen molar-refractivity contribution in [3.8, 4) is 0 Å². The molecule has 0 aliphatic carbocycles. The van der Waals surface area contributed by atoms with Crippen LogP contribution in [0.1, 0.15) is 46.0 Å². The van der Waals surface area contributed by atoms with Gasteiger partial charge in [0, 0.05) is 12.6 Å². The number of urea groups is 1. The second-order valence-corrected chi connectivity index (χ2v) is 6.63. The van der Waals surface area contributed by atoms with Crippen LogP contribution in [-0.4, -0.2) is 52.1 Å². The number of amides is 2. The van der Waals surface area contributed by atoms with E-state index in [1.54, 1.807) is 0 Å². The third kappa shape index (κ3) is 5.61. The Morgan fingerprint density at radius 2 is 2.15 bits per heavy atom. The van der Waals surface area contributed by atoms with Crippen LogP contribution in [0.5, 0.6) is 0 Å². The van der Waals surface area contributed by atoms with Crippen LogP contribution in [0.25, 0.3) is 0 Å². The van der Waals surface area contributed by atoms with Crippen LogP contribution in [-0.2, 0) is 4.79 Å². The molecule has 2 N–H and O–H groups in total. The fourth-order valence-electron chi connectivity index (χ4n) is 2.38. The molecule has 1 heterocycles. The van der Waals surface area contributed by atoms with Gasteiger partial charge in [0.2, 0.25) is 0 Å². The summed E-state index contributed by atoms with van der Waals surface area (Å²) in [6.07, 6.45) is 4.23. The Morgan fingerprint density at radius 1 is 1.40 bits per heavy atom. The van der Waals surface area contributed by atoms with Gasteiger partial charge in [-0.05, 0) is 37.7 Å². The molecule has 0 spiro atoms. The number of hydrogen-bond donors (Lipinski definition) is 2. The van der Waals surface area contributed by atoms with Crippen molar-refractivity contribution in [1.82, 2.24) is 10.2 Å². The molecule has 0 bridgehead atoms. The average Bonchev–Trinajstić information content (AvgIpc) is 2.64. The molecular formula is C14H26N2O3S. The number of carbonyl (C=O) groups is 2. The van der Waals surface area contributed by atoms with Gasteiger partial charge in [-0.15, -0.1) is 0 Å². The third-order valence-corrected chi connectivity index (χ3v) is 4.50. The third-order valence-electron chi connectivity index (χ3n) is 3.57. The topological polar surface area (TPSA) is 69.6 Å². The number of hydrogen-bond acceptors (Lipinski definition) is 3. The molecule has 0 aromatic rings. The van der Waals surface area contributed by atoms with Crippen LogP contribution in [0.3, 0.4) is 0 Å². The maximum absolute atomic E-state index is 12.3. The van der Waals surface area contributed by atoms with E-state index in [2.05, 4.69) is 12.2 Å². The molecule has 5 nitrogen and oxygen atoms in total. The summed E-state index contributed by atoms with van der Waals surface area (Å²) >= 11 is 1.85. The summed E-state index contributed by atoms with van der Waals surface area (Å²) in [7, 11) is 0. The molecule has 1 rings (SSSR count). The molecule has 1 saturated heterocycles. The van der Waals surface area contributed by atoms with Crippen molar-refractivity contribution >= 4 is 23.8 Å². The summed E-state index contributed by atoms with van der Waals surface area (Å²) in [5.74, 6) is 1.20. The van der Waals surface area contributed by atoms with Crippen molar-refractivity contribution in [3.63, 3.8) is 0 Å². The minimum Gasteiger partial charge on any atom is -0.480 e. The van der Waals surface area contributed by atoms with E-state index >= 15 is 0 Å². The van der Waals surface area contributed by atoms with E-state index in [-0.39, 0.29) is 12.1 Å². The van der Waals surface area contributed by atoms with Gasteiger partial charge >= 0.3 is 12.0 Å². The minimum atomic E-state index is -0.892. The van der Waals surface area contributed by atoms with E-state index in [0.29, 0.717) is 13.0 Å². The lowest BCUT2D eigenvalue weighted by molar-refractivity contribution is -0.142. The van der Waals surface area contributed by atoms with Gasteiger partial charge in [-0.1, -0.05) is 19.8 Å². The van der Waals surface area contributed by atoms with Crippen LogP contribution < -0.4 is 5.32 Å². The summed E-state index contributed by atoms with van der Waals surface area (Å²) < 4.78 is 0. The van der Waals surface area contributed by atoms with Crippen molar-refractivity contribution in [2.75, 3.05) is 18.1 Å². The standard InChI is InChI=1S/C14H26N2O3S/c1-3-20-10-8-11(2)15-14(19)16-9-6-4-5-7-12(16)13(17)18/h11-12H,3-10H2,1-2H3,(H,15,19)(H,17,18). The smallest absolute Gasteiger partial charge is 0.326 e.